The highest BCUT2D eigenvalue weighted by Crippen LogP contribution is 2.38. The number of carbonyl (C=O) groups excluding carboxylic acids is 3. The van der Waals surface area contributed by atoms with Crippen LogP contribution in [0.5, 0.6) is 11.5 Å². The smallest absolute Gasteiger partial charge is 0.355 e. The van der Waals surface area contributed by atoms with E-state index in [9.17, 15) is 14.4 Å². The fraction of sp³-hybridized carbons (Fsp3) is 0.381. The van der Waals surface area contributed by atoms with E-state index in [1.165, 1.54) is 19.2 Å². The van der Waals surface area contributed by atoms with Crippen LogP contribution in [0, 0.1) is 0 Å². The van der Waals surface area contributed by atoms with Crippen LogP contribution in [0.25, 0.3) is 0 Å². The molecule has 0 saturated carbocycles. The van der Waals surface area contributed by atoms with Gasteiger partial charge in [-0.3, -0.25) is 9.59 Å². The highest BCUT2D eigenvalue weighted by molar-refractivity contribution is 5.97. The molecule has 1 N–H and O–H groups in total. The summed E-state index contributed by atoms with van der Waals surface area (Å²) < 4.78 is 15.9. The van der Waals surface area contributed by atoms with Gasteiger partial charge in [0.15, 0.2) is 12.4 Å². The second-order valence-corrected chi connectivity index (χ2v) is 6.79. The molecule has 1 unspecified atom stereocenters. The number of amides is 1. The first-order chi connectivity index (χ1) is 13.9. The number of carbonyl (C=O) groups is 3. The molecule has 154 valence electrons. The van der Waals surface area contributed by atoms with Gasteiger partial charge in [0.25, 0.3) is 5.91 Å². The van der Waals surface area contributed by atoms with Gasteiger partial charge in [-0.15, -0.1) is 0 Å². The zero-order valence-electron chi connectivity index (χ0n) is 16.7. The molecule has 3 rings (SSSR count). The lowest BCUT2D eigenvalue weighted by molar-refractivity contribution is -0.135. The number of H-pyrrole nitrogens is 1. The number of aromatic amines is 1. The molecule has 1 amide bonds. The van der Waals surface area contributed by atoms with Gasteiger partial charge in [0.2, 0.25) is 0 Å². The average Bonchev–Trinajstić information content (AvgIpc) is 3.41. The Morgan fingerprint density at radius 1 is 1.17 bits per heavy atom. The molecule has 1 atom stereocenters. The third-order valence-corrected chi connectivity index (χ3v) is 5.01. The highest BCUT2D eigenvalue weighted by Gasteiger charge is 2.32. The number of esters is 1. The number of hydrogen-bond acceptors (Lipinski definition) is 6. The molecule has 1 aliphatic rings. The number of aromatic nitrogens is 1. The Morgan fingerprint density at radius 2 is 1.97 bits per heavy atom. The van der Waals surface area contributed by atoms with Gasteiger partial charge in [-0.2, -0.15) is 0 Å². The lowest BCUT2D eigenvalue weighted by Crippen LogP contribution is -2.34. The number of hydrogen-bond donors (Lipinski definition) is 1. The minimum atomic E-state index is -0.680. The molecule has 0 radical (unpaired) electrons. The monoisotopic (exact) mass is 400 g/mol. The number of methoxy groups -OCH3 is 2. The number of Topliss-reactive ketones (excluding diaryl/α,β-unsaturated/α-hetero) is 1. The fourth-order valence-electron chi connectivity index (χ4n) is 3.49. The van der Waals surface area contributed by atoms with Crippen molar-refractivity contribution in [3.05, 3.63) is 47.3 Å². The van der Waals surface area contributed by atoms with Crippen LogP contribution in [0.4, 0.5) is 0 Å². The van der Waals surface area contributed by atoms with Crippen molar-refractivity contribution >= 4 is 17.7 Å². The van der Waals surface area contributed by atoms with Crippen molar-refractivity contribution < 1.29 is 28.6 Å². The second kappa shape index (κ2) is 8.81. The van der Waals surface area contributed by atoms with Crippen LogP contribution < -0.4 is 9.47 Å². The molecule has 1 aliphatic heterocycles. The molecule has 0 spiro atoms. The second-order valence-electron chi connectivity index (χ2n) is 6.79. The van der Waals surface area contributed by atoms with E-state index in [1.54, 1.807) is 25.2 Å². The molecule has 0 aliphatic carbocycles. The van der Waals surface area contributed by atoms with E-state index in [-0.39, 0.29) is 30.0 Å². The number of ether oxygens (including phenoxy) is 3. The molecule has 1 fully saturated rings. The van der Waals surface area contributed by atoms with Crippen molar-refractivity contribution in [2.75, 3.05) is 27.4 Å². The van der Waals surface area contributed by atoms with Gasteiger partial charge in [-0.25, -0.2) is 4.79 Å². The third-order valence-electron chi connectivity index (χ3n) is 5.01. The van der Waals surface area contributed by atoms with Gasteiger partial charge in [0, 0.05) is 23.9 Å². The predicted molar refractivity (Wildman–Crippen MR) is 104 cm³/mol. The Morgan fingerprint density at radius 3 is 2.62 bits per heavy atom. The van der Waals surface area contributed by atoms with Crippen molar-refractivity contribution in [1.82, 2.24) is 9.88 Å². The summed E-state index contributed by atoms with van der Waals surface area (Å²) in [5.41, 5.74) is 1.38. The molecular formula is C21H24N2O6. The van der Waals surface area contributed by atoms with Crippen molar-refractivity contribution in [3.8, 4) is 11.5 Å². The van der Waals surface area contributed by atoms with Crippen LogP contribution in [0.15, 0.2) is 30.5 Å². The standard InChI is InChI=1S/C21H24N2O6/c1-13(24)14-9-17(22-11-14)21(26)29-12-20(25)23-8-4-5-18(23)16-10-15(27-2)6-7-19(16)28-3/h6-7,9-11,18,22H,4-5,8,12H2,1-3H3. The lowest BCUT2D eigenvalue weighted by atomic mass is 10.0. The van der Waals surface area contributed by atoms with Crippen LogP contribution in [0.1, 0.15) is 52.2 Å². The first-order valence-electron chi connectivity index (χ1n) is 9.32. The number of rotatable bonds is 7. The maximum absolute atomic E-state index is 12.7. The number of likely N-dealkylation sites (tertiary alicyclic amines) is 1. The Labute approximate surface area is 168 Å². The number of nitrogens with one attached hydrogen (secondary N) is 1. The summed E-state index contributed by atoms with van der Waals surface area (Å²) in [6.07, 6.45) is 3.05. The quantitative estimate of drug-likeness (QED) is 0.567. The van der Waals surface area contributed by atoms with Crippen molar-refractivity contribution in [2.45, 2.75) is 25.8 Å². The van der Waals surface area contributed by atoms with Crippen LogP contribution in [0.3, 0.4) is 0 Å². The molecule has 29 heavy (non-hydrogen) atoms. The van der Waals surface area contributed by atoms with Gasteiger partial charge in [0.05, 0.1) is 20.3 Å². The summed E-state index contributed by atoms with van der Waals surface area (Å²) in [4.78, 5) is 40.6. The third kappa shape index (κ3) is 4.42. The fourth-order valence-corrected chi connectivity index (χ4v) is 3.49. The number of benzene rings is 1. The maximum Gasteiger partial charge on any atom is 0.355 e. The van der Waals surface area contributed by atoms with Crippen LogP contribution in [-0.4, -0.2) is 54.9 Å². The van der Waals surface area contributed by atoms with Crippen LogP contribution >= 0.6 is 0 Å². The van der Waals surface area contributed by atoms with E-state index >= 15 is 0 Å². The largest absolute Gasteiger partial charge is 0.497 e. The van der Waals surface area contributed by atoms with E-state index in [1.807, 2.05) is 12.1 Å². The lowest BCUT2D eigenvalue weighted by Gasteiger charge is -2.26. The Kier molecular flexibility index (Phi) is 6.21. The van der Waals surface area contributed by atoms with Crippen LogP contribution in [0.2, 0.25) is 0 Å². The molecule has 0 bridgehead atoms. The summed E-state index contributed by atoms with van der Waals surface area (Å²) in [5.74, 6) is 0.225. The topological polar surface area (TPSA) is 97.9 Å². The molecule has 8 heteroatoms. The highest BCUT2D eigenvalue weighted by atomic mass is 16.5. The van der Waals surface area contributed by atoms with E-state index in [4.69, 9.17) is 14.2 Å². The van der Waals surface area contributed by atoms with E-state index in [2.05, 4.69) is 4.98 Å². The molecule has 2 aromatic rings. The van der Waals surface area contributed by atoms with Gasteiger partial charge in [-0.1, -0.05) is 0 Å². The molecule has 1 aromatic heterocycles. The van der Waals surface area contributed by atoms with Crippen molar-refractivity contribution in [3.63, 3.8) is 0 Å². The van der Waals surface area contributed by atoms with Gasteiger partial charge >= 0.3 is 5.97 Å². The van der Waals surface area contributed by atoms with E-state index in [0.717, 1.165) is 18.4 Å². The van der Waals surface area contributed by atoms with Gasteiger partial charge in [-0.05, 0) is 44.0 Å². The summed E-state index contributed by atoms with van der Waals surface area (Å²) in [6, 6.07) is 6.71. The van der Waals surface area contributed by atoms with Crippen molar-refractivity contribution in [2.24, 2.45) is 0 Å². The summed E-state index contributed by atoms with van der Waals surface area (Å²) in [7, 11) is 3.17. The molecule has 1 saturated heterocycles. The van der Waals surface area contributed by atoms with E-state index in [0.29, 0.717) is 23.6 Å². The van der Waals surface area contributed by atoms with Crippen molar-refractivity contribution in [1.29, 1.82) is 0 Å². The number of nitrogens with zero attached hydrogens (tertiary/aromatic N) is 1. The zero-order valence-corrected chi connectivity index (χ0v) is 16.7. The van der Waals surface area contributed by atoms with E-state index < -0.39 is 5.97 Å². The van der Waals surface area contributed by atoms with Crippen LogP contribution in [-0.2, 0) is 9.53 Å². The Hall–Kier alpha value is -3.29. The molecule has 8 nitrogen and oxygen atoms in total. The normalized spacial score (nSPS) is 15.8. The Bertz CT molecular complexity index is 920. The van der Waals surface area contributed by atoms with Gasteiger partial charge in [0.1, 0.15) is 17.2 Å². The molecule has 2 heterocycles. The summed E-state index contributed by atoms with van der Waals surface area (Å²) in [5, 5.41) is 0. The summed E-state index contributed by atoms with van der Waals surface area (Å²) >= 11 is 0. The molecule has 1 aromatic carbocycles. The Balaban J connectivity index is 1.68. The SMILES string of the molecule is COc1ccc(OC)c(C2CCCN2C(=O)COC(=O)c2cc(C(C)=O)c[nH]2)c1. The first kappa shape index (κ1) is 20.4. The zero-order chi connectivity index (χ0) is 21.0. The van der Waals surface area contributed by atoms with Gasteiger partial charge < -0.3 is 24.1 Å². The maximum atomic E-state index is 12.7. The molecular weight excluding hydrogens is 376 g/mol. The minimum absolute atomic E-state index is 0.135. The minimum Gasteiger partial charge on any atom is -0.497 e. The number of ketones is 1. The first-order valence-corrected chi connectivity index (χ1v) is 9.32. The summed E-state index contributed by atoms with van der Waals surface area (Å²) in [6.45, 7) is 1.59. The predicted octanol–water partition coefficient (Wildman–Crippen LogP) is 2.76. The average molecular weight is 400 g/mol.